The predicted molar refractivity (Wildman–Crippen MR) is 102 cm³/mol. The van der Waals surface area contributed by atoms with Gasteiger partial charge in [-0.1, -0.05) is 49.7 Å². The van der Waals surface area contributed by atoms with Crippen molar-refractivity contribution in [2.24, 2.45) is 5.92 Å². The lowest BCUT2D eigenvalue weighted by Crippen LogP contribution is -2.39. The van der Waals surface area contributed by atoms with Gasteiger partial charge in [0.05, 0.1) is 6.04 Å². The van der Waals surface area contributed by atoms with E-state index in [0.29, 0.717) is 19.8 Å². The topological polar surface area (TPSA) is 59.6 Å². The fourth-order valence-corrected chi connectivity index (χ4v) is 2.97. The van der Waals surface area contributed by atoms with Gasteiger partial charge in [-0.15, -0.1) is 0 Å². The smallest absolute Gasteiger partial charge is 0.315 e. The Bertz CT molecular complexity index is 756. The largest absolute Gasteiger partial charge is 0.486 e. The number of aryl methyl sites for hydroxylation is 1. The molecule has 3 rings (SSSR count). The van der Waals surface area contributed by atoms with Crippen LogP contribution in [0.25, 0.3) is 0 Å². The molecule has 1 aliphatic heterocycles. The van der Waals surface area contributed by atoms with Gasteiger partial charge < -0.3 is 20.1 Å². The van der Waals surface area contributed by atoms with Crippen molar-refractivity contribution in [2.75, 3.05) is 13.2 Å². The Kier molecular flexibility index (Phi) is 5.66. The van der Waals surface area contributed by atoms with E-state index in [9.17, 15) is 4.79 Å². The molecule has 138 valence electrons. The van der Waals surface area contributed by atoms with Crippen LogP contribution in [0.1, 0.15) is 36.6 Å². The van der Waals surface area contributed by atoms with Crippen LogP contribution in [0.15, 0.2) is 42.5 Å². The molecule has 0 aliphatic carbocycles. The number of carbonyl (C=O) groups is 1. The van der Waals surface area contributed by atoms with Crippen LogP contribution >= 0.6 is 0 Å². The summed E-state index contributed by atoms with van der Waals surface area (Å²) in [5.41, 5.74) is 3.29. The Labute approximate surface area is 154 Å². The lowest BCUT2D eigenvalue weighted by Gasteiger charge is -2.25. The zero-order valence-corrected chi connectivity index (χ0v) is 15.5. The third kappa shape index (κ3) is 4.48. The average molecular weight is 354 g/mol. The molecule has 5 nitrogen and oxygen atoms in total. The zero-order chi connectivity index (χ0) is 18.5. The summed E-state index contributed by atoms with van der Waals surface area (Å²) in [6.07, 6.45) is 0. The molecule has 0 fully saturated rings. The van der Waals surface area contributed by atoms with Gasteiger partial charge in [-0.2, -0.15) is 0 Å². The number of carbonyl (C=O) groups excluding carboxylic acids is 1. The molecule has 0 saturated carbocycles. The number of hydrogen-bond acceptors (Lipinski definition) is 3. The zero-order valence-electron chi connectivity index (χ0n) is 15.5. The molecule has 0 aromatic heterocycles. The fraction of sp³-hybridized carbons (Fsp3) is 0.381. The van der Waals surface area contributed by atoms with Crippen LogP contribution in [-0.4, -0.2) is 19.2 Å². The van der Waals surface area contributed by atoms with E-state index in [1.807, 2.05) is 49.4 Å². The summed E-state index contributed by atoms with van der Waals surface area (Å²) in [7, 11) is 0. The molecule has 0 spiro atoms. The number of fused-ring (bicyclic) bond motifs is 1. The van der Waals surface area contributed by atoms with Gasteiger partial charge in [-0.25, -0.2) is 4.79 Å². The lowest BCUT2D eigenvalue weighted by atomic mass is 9.95. The van der Waals surface area contributed by atoms with Crippen molar-refractivity contribution in [3.8, 4) is 11.5 Å². The highest BCUT2D eigenvalue weighted by molar-refractivity contribution is 5.74. The van der Waals surface area contributed by atoms with Crippen LogP contribution in [0.2, 0.25) is 0 Å². The first-order valence-electron chi connectivity index (χ1n) is 9.02. The molecule has 1 heterocycles. The molecule has 5 heteroatoms. The third-order valence-electron chi connectivity index (χ3n) is 4.45. The third-order valence-corrected chi connectivity index (χ3v) is 4.45. The summed E-state index contributed by atoms with van der Waals surface area (Å²) in [5.74, 6) is 1.73. The van der Waals surface area contributed by atoms with E-state index in [1.54, 1.807) is 0 Å². The second-order valence-electron chi connectivity index (χ2n) is 6.94. The summed E-state index contributed by atoms with van der Waals surface area (Å²) in [6, 6.07) is 13.7. The van der Waals surface area contributed by atoms with Crippen molar-refractivity contribution < 1.29 is 14.3 Å². The van der Waals surface area contributed by atoms with Gasteiger partial charge in [-0.05, 0) is 36.1 Å². The molecule has 1 atom stereocenters. The van der Waals surface area contributed by atoms with Crippen LogP contribution in [-0.2, 0) is 6.54 Å². The highest BCUT2D eigenvalue weighted by Crippen LogP contribution is 2.34. The normalized spacial score (nSPS) is 14.0. The van der Waals surface area contributed by atoms with Crippen LogP contribution in [0.4, 0.5) is 4.79 Å². The maximum Gasteiger partial charge on any atom is 0.315 e. The Hall–Kier alpha value is -2.69. The minimum atomic E-state index is -0.181. The Morgan fingerprint density at radius 2 is 1.73 bits per heavy atom. The monoisotopic (exact) mass is 354 g/mol. The van der Waals surface area contributed by atoms with E-state index < -0.39 is 0 Å². The summed E-state index contributed by atoms with van der Waals surface area (Å²) in [4.78, 5) is 12.4. The minimum Gasteiger partial charge on any atom is -0.486 e. The van der Waals surface area contributed by atoms with Crippen molar-refractivity contribution >= 4 is 6.03 Å². The van der Waals surface area contributed by atoms with Crippen molar-refractivity contribution in [3.05, 3.63) is 59.2 Å². The van der Waals surface area contributed by atoms with Crippen molar-refractivity contribution in [1.29, 1.82) is 0 Å². The number of ether oxygens (including phenoxy) is 2. The number of rotatable bonds is 5. The van der Waals surface area contributed by atoms with Gasteiger partial charge in [0.1, 0.15) is 13.2 Å². The molecule has 0 bridgehead atoms. The van der Waals surface area contributed by atoms with Crippen LogP contribution < -0.4 is 20.1 Å². The molecule has 2 aromatic rings. The Morgan fingerprint density at radius 3 is 2.42 bits per heavy atom. The van der Waals surface area contributed by atoms with E-state index in [1.165, 1.54) is 5.56 Å². The number of amides is 2. The number of hydrogen-bond donors (Lipinski definition) is 2. The fourth-order valence-electron chi connectivity index (χ4n) is 2.97. The van der Waals surface area contributed by atoms with Crippen LogP contribution in [0.5, 0.6) is 11.5 Å². The molecule has 2 aromatic carbocycles. The van der Waals surface area contributed by atoms with E-state index >= 15 is 0 Å². The summed E-state index contributed by atoms with van der Waals surface area (Å²) >= 11 is 0. The van der Waals surface area contributed by atoms with Gasteiger partial charge in [0.15, 0.2) is 11.5 Å². The van der Waals surface area contributed by atoms with Crippen LogP contribution in [0.3, 0.4) is 0 Å². The molecule has 2 amide bonds. The van der Waals surface area contributed by atoms with Gasteiger partial charge in [0.25, 0.3) is 0 Å². The van der Waals surface area contributed by atoms with E-state index in [0.717, 1.165) is 22.6 Å². The Balaban J connectivity index is 1.64. The lowest BCUT2D eigenvalue weighted by molar-refractivity contribution is 0.171. The highest BCUT2D eigenvalue weighted by atomic mass is 16.6. The van der Waals surface area contributed by atoms with E-state index in [4.69, 9.17) is 9.47 Å². The average Bonchev–Trinajstić information content (AvgIpc) is 2.65. The Morgan fingerprint density at radius 1 is 1.04 bits per heavy atom. The maximum atomic E-state index is 12.4. The van der Waals surface area contributed by atoms with Gasteiger partial charge in [-0.3, -0.25) is 0 Å². The number of benzene rings is 2. The van der Waals surface area contributed by atoms with Gasteiger partial charge in [0, 0.05) is 6.54 Å². The quantitative estimate of drug-likeness (QED) is 0.854. The highest BCUT2D eigenvalue weighted by Gasteiger charge is 2.21. The molecular weight excluding hydrogens is 328 g/mol. The molecular formula is C21H26N2O3. The van der Waals surface area contributed by atoms with Crippen molar-refractivity contribution in [3.63, 3.8) is 0 Å². The second-order valence-corrected chi connectivity index (χ2v) is 6.94. The molecule has 0 saturated heterocycles. The SMILES string of the molecule is Cc1ccc(CNC(=O)N[C@@H](c2ccc3c(c2)OCCO3)C(C)C)cc1. The molecule has 2 N–H and O–H groups in total. The van der Waals surface area contributed by atoms with Crippen LogP contribution in [0, 0.1) is 12.8 Å². The first-order valence-corrected chi connectivity index (χ1v) is 9.02. The summed E-state index contributed by atoms with van der Waals surface area (Å²) < 4.78 is 11.2. The van der Waals surface area contributed by atoms with Gasteiger partial charge in [0.2, 0.25) is 0 Å². The molecule has 26 heavy (non-hydrogen) atoms. The standard InChI is InChI=1S/C21H26N2O3/c1-14(2)20(17-8-9-18-19(12-17)26-11-10-25-18)23-21(24)22-13-16-6-4-15(3)5-7-16/h4-9,12,14,20H,10-11,13H2,1-3H3,(H2,22,23,24)/t20-/m1/s1. The summed E-state index contributed by atoms with van der Waals surface area (Å²) in [6.45, 7) is 7.83. The van der Waals surface area contributed by atoms with Crippen molar-refractivity contribution in [1.82, 2.24) is 10.6 Å². The molecule has 0 radical (unpaired) electrons. The number of urea groups is 1. The molecule has 1 aliphatic rings. The second kappa shape index (κ2) is 8.13. The van der Waals surface area contributed by atoms with Crippen molar-refractivity contribution in [2.45, 2.75) is 33.4 Å². The van der Waals surface area contributed by atoms with E-state index in [-0.39, 0.29) is 18.0 Å². The van der Waals surface area contributed by atoms with E-state index in [2.05, 4.69) is 24.5 Å². The summed E-state index contributed by atoms with van der Waals surface area (Å²) in [5, 5.41) is 6.00. The minimum absolute atomic E-state index is 0.108. The first-order chi connectivity index (χ1) is 12.5. The van der Waals surface area contributed by atoms with Gasteiger partial charge >= 0.3 is 6.03 Å². The molecule has 0 unspecified atom stereocenters. The first kappa shape index (κ1) is 18.1. The predicted octanol–water partition coefficient (Wildman–Crippen LogP) is 3.96. The number of nitrogens with one attached hydrogen (secondary N) is 2. The maximum absolute atomic E-state index is 12.4.